The van der Waals surface area contributed by atoms with Crippen molar-refractivity contribution in [2.75, 3.05) is 42.8 Å². The summed E-state index contributed by atoms with van der Waals surface area (Å²) in [6.07, 6.45) is 2.02. The third kappa shape index (κ3) is 4.10. The van der Waals surface area contributed by atoms with Gasteiger partial charge >= 0.3 is 0 Å². The van der Waals surface area contributed by atoms with Crippen molar-refractivity contribution in [3.8, 4) is 11.1 Å². The molecular formula is C20H21N3O2S3. The molecule has 3 heterocycles. The van der Waals surface area contributed by atoms with Gasteiger partial charge in [-0.25, -0.2) is 4.98 Å². The Labute approximate surface area is 176 Å². The molecule has 0 aliphatic carbocycles. The third-order valence-corrected chi connectivity index (χ3v) is 7.96. The van der Waals surface area contributed by atoms with E-state index in [1.165, 1.54) is 22.7 Å². The van der Waals surface area contributed by atoms with E-state index in [1.54, 1.807) is 11.8 Å². The monoisotopic (exact) mass is 431 g/mol. The molecule has 1 aromatic carbocycles. The lowest BCUT2D eigenvalue weighted by Gasteiger charge is -2.28. The summed E-state index contributed by atoms with van der Waals surface area (Å²) >= 11 is 4.70. The average molecular weight is 432 g/mol. The lowest BCUT2D eigenvalue weighted by atomic mass is 10.1. The number of carbonyl (C=O) groups is 1. The number of aryl methyl sites for hydroxylation is 1. The number of ether oxygens (including phenoxy) is 1. The number of aromatic nitrogens is 1. The van der Waals surface area contributed by atoms with Gasteiger partial charge in [-0.3, -0.25) is 10.1 Å². The van der Waals surface area contributed by atoms with E-state index in [1.807, 2.05) is 37.4 Å². The minimum Gasteiger partial charge on any atom is -0.378 e. The quantitative estimate of drug-likeness (QED) is 0.577. The van der Waals surface area contributed by atoms with Crippen LogP contribution >= 0.6 is 34.4 Å². The topological polar surface area (TPSA) is 54.5 Å². The van der Waals surface area contributed by atoms with E-state index in [9.17, 15) is 4.79 Å². The summed E-state index contributed by atoms with van der Waals surface area (Å²) in [7, 11) is 0. The highest BCUT2D eigenvalue weighted by atomic mass is 32.2. The minimum atomic E-state index is -0.108. The molecule has 8 heteroatoms. The molecule has 1 fully saturated rings. The van der Waals surface area contributed by atoms with E-state index in [-0.39, 0.29) is 5.91 Å². The molecule has 1 N–H and O–H groups in total. The Bertz CT molecular complexity index is 962. The Morgan fingerprint density at radius 3 is 2.64 bits per heavy atom. The van der Waals surface area contributed by atoms with E-state index < -0.39 is 0 Å². The van der Waals surface area contributed by atoms with Crippen molar-refractivity contribution >= 4 is 50.5 Å². The number of anilines is 2. The molecular weight excluding hydrogens is 410 g/mol. The molecule has 4 rings (SSSR count). The molecule has 0 atom stereocenters. The zero-order valence-electron chi connectivity index (χ0n) is 15.7. The van der Waals surface area contributed by atoms with Crippen molar-refractivity contribution in [1.82, 2.24) is 4.98 Å². The number of nitrogens with one attached hydrogen (secondary N) is 1. The van der Waals surface area contributed by atoms with Crippen LogP contribution in [-0.2, 0) is 4.74 Å². The summed E-state index contributed by atoms with van der Waals surface area (Å²) in [5, 5.41) is 4.74. The van der Waals surface area contributed by atoms with Crippen molar-refractivity contribution in [2.24, 2.45) is 0 Å². The van der Waals surface area contributed by atoms with E-state index >= 15 is 0 Å². The molecule has 5 nitrogen and oxygen atoms in total. The van der Waals surface area contributed by atoms with Gasteiger partial charge in [0, 0.05) is 18.7 Å². The van der Waals surface area contributed by atoms with Gasteiger partial charge in [0.25, 0.3) is 5.91 Å². The second-order valence-corrected chi connectivity index (χ2v) is 9.45. The molecule has 1 aliphatic heterocycles. The van der Waals surface area contributed by atoms with Crippen LogP contribution in [0.15, 0.2) is 40.6 Å². The van der Waals surface area contributed by atoms with Crippen LogP contribution in [0.4, 0.5) is 10.1 Å². The molecule has 1 aliphatic rings. The predicted molar refractivity (Wildman–Crippen MR) is 119 cm³/mol. The first-order valence-corrected chi connectivity index (χ1v) is 11.9. The Morgan fingerprint density at radius 1 is 1.21 bits per heavy atom. The number of nitrogens with zero attached hydrogens (tertiary/aromatic N) is 2. The number of hydrogen-bond donors (Lipinski definition) is 1. The van der Waals surface area contributed by atoms with Crippen LogP contribution in [0, 0.1) is 6.92 Å². The van der Waals surface area contributed by atoms with Crippen molar-refractivity contribution in [3.05, 3.63) is 47.0 Å². The zero-order chi connectivity index (χ0) is 19.5. The fourth-order valence-electron chi connectivity index (χ4n) is 3.10. The van der Waals surface area contributed by atoms with Gasteiger partial charge in [0.2, 0.25) is 0 Å². The fourth-order valence-corrected chi connectivity index (χ4v) is 5.84. The number of morpholine rings is 1. The number of rotatable bonds is 5. The van der Waals surface area contributed by atoms with Crippen LogP contribution in [-0.4, -0.2) is 43.5 Å². The van der Waals surface area contributed by atoms with Crippen molar-refractivity contribution in [1.29, 1.82) is 0 Å². The Balaban J connectivity index is 1.65. The number of hydrogen-bond acceptors (Lipinski definition) is 7. The SMILES string of the molecule is CSc1sc(NC(=O)c2cc(-c3ccccc3)c(N3CCOCC3)s2)nc1C. The molecule has 0 spiro atoms. The van der Waals surface area contributed by atoms with Gasteiger partial charge in [0.1, 0.15) is 0 Å². The van der Waals surface area contributed by atoms with Gasteiger partial charge in [-0.15, -0.1) is 23.1 Å². The summed E-state index contributed by atoms with van der Waals surface area (Å²) < 4.78 is 6.62. The summed E-state index contributed by atoms with van der Waals surface area (Å²) in [6, 6.07) is 12.2. The molecule has 0 radical (unpaired) electrons. The van der Waals surface area contributed by atoms with Gasteiger partial charge in [0.15, 0.2) is 5.13 Å². The van der Waals surface area contributed by atoms with E-state index in [0.29, 0.717) is 23.2 Å². The molecule has 0 unspecified atom stereocenters. The Morgan fingerprint density at radius 2 is 1.96 bits per heavy atom. The maximum atomic E-state index is 12.9. The maximum absolute atomic E-state index is 12.9. The number of carbonyl (C=O) groups excluding carboxylic acids is 1. The average Bonchev–Trinajstić information content (AvgIpc) is 3.33. The first-order valence-electron chi connectivity index (χ1n) is 9.00. The number of thioether (sulfide) groups is 1. The zero-order valence-corrected chi connectivity index (χ0v) is 18.2. The summed E-state index contributed by atoms with van der Waals surface area (Å²) in [4.78, 5) is 20.4. The highest BCUT2D eigenvalue weighted by Crippen LogP contribution is 2.40. The van der Waals surface area contributed by atoms with Crippen molar-refractivity contribution < 1.29 is 9.53 Å². The minimum absolute atomic E-state index is 0.108. The number of amides is 1. The molecule has 28 heavy (non-hydrogen) atoms. The Hall–Kier alpha value is -1.87. The van der Waals surface area contributed by atoms with E-state index in [2.05, 4.69) is 27.3 Å². The number of benzene rings is 1. The lowest BCUT2D eigenvalue weighted by Crippen LogP contribution is -2.35. The van der Waals surface area contributed by atoms with Crippen LogP contribution in [0.2, 0.25) is 0 Å². The molecule has 3 aromatic rings. The van der Waals surface area contributed by atoms with Gasteiger partial charge in [0.05, 0.1) is 33.0 Å². The molecule has 146 valence electrons. The summed E-state index contributed by atoms with van der Waals surface area (Å²) in [6.45, 7) is 5.06. The van der Waals surface area contributed by atoms with Crippen LogP contribution in [0.5, 0.6) is 0 Å². The predicted octanol–water partition coefficient (Wildman–Crippen LogP) is 4.99. The first kappa shape index (κ1) is 19.4. The molecule has 0 saturated carbocycles. The molecule has 2 aromatic heterocycles. The van der Waals surface area contributed by atoms with E-state index in [0.717, 1.165) is 39.1 Å². The second kappa shape index (κ2) is 8.65. The Kier molecular flexibility index (Phi) is 6.01. The highest BCUT2D eigenvalue weighted by Gasteiger charge is 2.22. The lowest BCUT2D eigenvalue weighted by molar-refractivity contribution is 0.103. The maximum Gasteiger partial charge on any atom is 0.267 e. The fraction of sp³-hybridized carbons (Fsp3) is 0.300. The third-order valence-electron chi connectivity index (χ3n) is 4.48. The van der Waals surface area contributed by atoms with Crippen LogP contribution < -0.4 is 10.2 Å². The van der Waals surface area contributed by atoms with Gasteiger partial charge < -0.3 is 9.64 Å². The van der Waals surface area contributed by atoms with Gasteiger partial charge in [-0.2, -0.15) is 0 Å². The van der Waals surface area contributed by atoms with Crippen molar-refractivity contribution in [2.45, 2.75) is 11.1 Å². The molecule has 1 amide bonds. The standard InChI is InChI=1S/C20H21N3O2S3/c1-13-19(26-2)28-20(21-13)22-17(24)16-12-15(14-6-4-3-5-7-14)18(27-16)23-8-10-25-11-9-23/h3-7,12H,8-11H2,1-2H3,(H,21,22,24). The van der Waals surface area contributed by atoms with Crippen LogP contribution in [0.1, 0.15) is 15.4 Å². The largest absolute Gasteiger partial charge is 0.378 e. The van der Waals surface area contributed by atoms with Gasteiger partial charge in [-0.1, -0.05) is 41.7 Å². The van der Waals surface area contributed by atoms with Crippen LogP contribution in [0.25, 0.3) is 11.1 Å². The number of thiazole rings is 1. The summed E-state index contributed by atoms with van der Waals surface area (Å²) in [5.74, 6) is -0.108. The van der Waals surface area contributed by atoms with Gasteiger partial charge in [-0.05, 0) is 24.8 Å². The van der Waals surface area contributed by atoms with Crippen molar-refractivity contribution in [3.63, 3.8) is 0 Å². The molecule has 1 saturated heterocycles. The highest BCUT2D eigenvalue weighted by molar-refractivity contribution is 8.00. The summed E-state index contributed by atoms with van der Waals surface area (Å²) in [5.41, 5.74) is 3.17. The number of thiophene rings is 1. The normalized spacial score (nSPS) is 14.3. The smallest absolute Gasteiger partial charge is 0.267 e. The van der Waals surface area contributed by atoms with E-state index in [4.69, 9.17) is 4.74 Å². The van der Waals surface area contributed by atoms with Crippen LogP contribution in [0.3, 0.4) is 0 Å². The molecule has 0 bridgehead atoms. The second-order valence-electron chi connectivity index (χ2n) is 6.35. The first-order chi connectivity index (χ1) is 13.7.